The number of anilines is 1. The minimum absolute atomic E-state index is 0.0136. The topological polar surface area (TPSA) is 114 Å². The van der Waals surface area contributed by atoms with Gasteiger partial charge in [0.2, 0.25) is 0 Å². The number of hydrogen-bond acceptors (Lipinski definition) is 9. The van der Waals surface area contributed by atoms with Crippen LogP contribution < -0.4 is 14.9 Å². The molecule has 1 amide bonds. The zero-order valence-electron chi connectivity index (χ0n) is 22.6. The predicted octanol–water partition coefficient (Wildman–Crippen LogP) is 3.05. The van der Waals surface area contributed by atoms with Gasteiger partial charge in [0.05, 0.1) is 41.1 Å². The largest absolute Gasteiger partial charge is 0.598 e. The van der Waals surface area contributed by atoms with Gasteiger partial charge in [0.15, 0.2) is 10.9 Å². The van der Waals surface area contributed by atoms with Gasteiger partial charge in [0.1, 0.15) is 5.82 Å². The fraction of sp³-hybridized carbons (Fsp3) is 0.407. The molecule has 206 valence electrons. The summed E-state index contributed by atoms with van der Waals surface area (Å²) in [5, 5.41) is 9.64. The lowest BCUT2D eigenvalue weighted by molar-refractivity contribution is 0.0938. The molecule has 0 radical (unpaired) electrons. The number of carbonyl (C=O) groups is 1. The van der Waals surface area contributed by atoms with Crippen molar-refractivity contribution in [2.24, 2.45) is 0 Å². The van der Waals surface area contributed by atoms with Crippen LogP contribution in [0.15, 0.2) is 48.1 Å². The van der Waals surface area contributed by atoms with E-state index in [1.807, 2.05) is 35.8 Å². The molecule has 5 heterocycles. The smallest absolute Gasteiger partial charge is 0.251 e. The van der Waals surface area contributed by atoms with Crippen LogP contribution >= 0.6 is 11.3 Å². The van der Waals surface area contributed by atoms with E-state index < -0.39 is 11.4 Å². The Labute approximate surface area is 235 Å². The maximum Gasteiger partial charge on any atom is 0.251 e. The van der Waals surface area contributed by atoms with Crippen LogP contribution in [-0.2, 0) is 11.4 Å². The van der Waals surface area contributed by atoms with E-state index in [0.717, 1.165) is 29.2 Å². The van der Waals surface area contributed by atoms with E-state index in [1.165, 1.54) is 0 Å². The lowest BCUT2D eigenvalue weighted by atomic mass is 10.1. The van der Waals surface area contributed by atoms with Crippen LogP contribution in [0.5, 0.6) is 0 Å². The average molecular weight is 567 g/mol. The molecule has 2 unspecified atom stereocenters. The van der Waals surface area contributed by atoms with Crippen LogP contribution in [-0.4, -0.2) is 86.0 Å². The van der Waals surface area contributed by atoms with Crippen molar-refractivity contribution in [2.75, 3.05) is 44.7 Å². The minimum atomic E-state index is -1.11. The molecular weight excluding hydrogens is 532 g/mol. The average Bonchev–Trinajstić information content (AvgIpc) is 3.61. The number of amides is 1. The molecule has 1 fully saturated rings. The first-order chi connectivity index (χ1) is 18.9. The summed E-state index contributed by atoms with van der Waals surface area (Å²) in [7, 11) is 1.70. The third-order valence-corrected chi connectivity index (χ3v) is 9.36. The molecule has 1 aliphatic heterocycles. The fourth-order valence-corrected chi connectivity index (χ4v) is 6.46. The lowest BCUT2D eigenvalue weighted by Gasteiger charge is -2.39. The molecule has 0 saturated carbocycles. The Morgan fingerprint density at radius 3 is 2.72 bits per heavy atom. The third kappa shape index (κ3) is 5.80. The summed E-state index contributed by atoms with van der Waals surface area (Å²) in [5.41, 5.74) is 3.42. The SMILES string of the molecule is CCN(CC)C(C)CNC(=O)c1cc(-c2cnn3ccc(-c4cccs4)nc23)nc(N2CC([S+]([O-])NC)C2)c1. The molecule has 4 aromatic rings. The van der Waals surface area contributed by atoms with E-state index in [9.17, 15) is 9.35 Å². The van der Waals surface area contributed by atoms with Gasteiger partial charge in [0.25, 0.3) is 5.91 Å². The Hall–Kier alpha value is -3.03. The van der Waals surface area contributed by atoms with E-state index in [4.69, 9.17) is 9.97 Å². The summed E-state index contributed by atoms with van der Waals surface area (Å²) in [5.74, 6) is 0.519. The van der Waals surface area contributed by atoms with Crippen LogP contribution in [0.3, 0.4) is 0 Å². The molecule has 0 spiro atoms. The Kier molecular flexibility index (Phi) is 8.48. The predicted molar refractivity (Wildman–Crippen MR) is 157 cm³/mol. The number of pyridine rings is 1. The molecule has 12 heteroatoms. The van der Waals surface area contributed by atoms with E-state index in [1.54, 1.807) is 35.2 Å². The second kappa shape index (κ2) is 12.0. The van der Waals surface area contributed by atoms with Crippen molar-refractivity contribution in [3.63, 3.8) is 0 Å². The first-order valence-corrected chi connectivity index (χ1v) is 15.3. The summed E-state index contributed by atoms with van der Waals surface area (Å²) in [6.07, 6.45) is 3.63. The number of rotatable bonds is 11. The Morgan fingerprint density at radius 1 is 1.23 bits per heavy atom. The molecule has 0 aliphatic carbocycles. The van der Waals surface area contributed by atoms with Gasteiger partial charge >= 0.3 is 0 Å². The summed E-state index contributed by atoms with van der Waals surface area (Å²) < 4.78 is 16.7. The number of carbonyl (C=O) groups excluding carboxylic acids is 1. The van der Waals surface area contributed by atoms with Crippen molar-refractivity contribution >= 4 is 40.1 Å². The molecule has 4 aromatic heterocycles. The Balaban J connectivity index is 1.48. The summed E-state index contributed by atoms with van der Waals surface area (Å²) in [6.45, 7) is 9.96. The second-order valence-corrected chi connectivity index (χ2v) is 12.1. The van der Waals surface area contributed by atoms with Gasteiger partial charge < -0.3 is 14.8 Å². The molecule has 1 saturated heterocycles. The highest BCUT2D eigenvalue weighted by Crippen LogP contribution is 2.31. The number of nitrogens with one attached hydrogen (secondary N) is 2. The molecule has 2 N–H and O–H groups in total. The maximum atomic E-state index is 13.4. The number of hydrogen-bond donors (Lipinski definition) is 2. The van der Waals surface area contributed by atoms with Gasteiger partial charge in [-0.1, -0.05) is 19.9 Å². The third-order valence-electron chi connectivity index (χ3n) is 7.16. The van der Waals surface area contributed by atoms with Gasteiger partial charge in [-0.2, -0.15) is 5.10 Å². The highest BCUT2D eigenvalue weighted by molar-refractivity contribution is 7.90. The lowest BCUT2D eigenvalue weighted by Crippen LogP contribution is -2.57. The van der Waals surface area contributed by atoms with Crippen LogP contribution in [0, 0.1) is 0 Å². The molecular formula is C27H34N8O2S2. The van der Waals surface area contributed by atoms with E-state index in [-0.39, 0.29) is 17.2 Å². The number of aromatic nitrogens is 4. The number of thiophene rings is 1. The zero-order valence-corrected chi connectivity index (χ0v) is 24.3. The van der Waals surface area contributed by atoms with Crippen molar-refractivity contribution in [2.45, 2.75) is 32.1 Å². The van der Waals surface area contributed by atoms with E-state index >= 15 is 0 Å². The first-order valence-electron chi connectivity index (χ1n) is 13.2. The van der Waals surface area contributed by atoms with Crippen LogP contribution in [0.2, 0.25) is 0 Å². The number of likely N-dealkylation sites (N-methyl/N-ethyl adjacent to an activating group) is 1. The fourth-order valence-electron chi connectivity index (χ4n) is 4.80. The van der Waals surface area contributed by atoms with Crippen LogP contribution in [0.1, 0.15) is 31.1 Å². The highest BCUT2D eigenvalue weighted by atomic mass is 32.2. The summed E-state index contributed by atoms with van der Waals surface area (Å²) in [6, 6.07) is 9.82. The van der Waals surface area contributed by atoms with Gasteiger partial charge in [0, 0.05) is 42.8 Å². The first kappa shape index (κ1) is 27.5. The molecule has 39 heavy (non-hydrogen) atoms. The van der Waals surface area contributed by atoms with Gasteiger partial charge in [-0.3, -0.25) is 9.69 Å². The molecule has 5 rings (SSSR count). The maximum absolute atomic E-state index is 13.4. The highest BCUT2D eigenvalue weighted by Gasteiger charge is 2.37. The normalized spacial score (nSPS) is 15.5. The van der Waals surface area contributed by atoms with Crippen molar-refractivity contribution in [3.05, 3.63) is 53.7 Å². The van der Waals surface area contributed by atoms with Gasteiger partial charge in [-0.05, 0) is 49.7 Å². The molecule has 10 nitrogen and oxygen atoms in total. The van der Waals surface area contributed by atoms with E-state index in [0.29, 0.717) is 42.4 Å². The second-order valence-electron chi connectivity index (χ2n) is 9.52. The van der Waals surface area contributed by atoms with Crippen LogP contribution in [0.4, 0.5) is 5.82 Å². The van der Waals surface area contributed by atoms with E-state index in [2.05, 4.69) is 45.7 Å². The number of fused-ring (bicyclic) bond motifs is 1. The van der Waals surface area contributed by atoms with Gasteiger partial charge in [-0.25, -0.2) is 14.5 Å². The Bertz CT molecular complexity index is 1420. The molecule has 1 aliphatic rings. The van der Waals surface area contributed by atoms with Crippen molar-refractivity contribution < 1.29 is 9.35 Å². The number of nitrogens with zero attached hydrogens (tertiary/aromatic N) is 6. The van der Waals surface area contributed by atoms with Crippen molar-refractivity contribution in [3.8, 4) is 21.8 Å². The van der Waals surface area contributed by atoms with Gasteiger partial charge in [-0.15, -0.1) is 16.1 Å². The van der Waals surface area contributed by atoms with Crippen molar-refractivity contribution in [1.29, 1.82) is 0 Å². The Morgan fingerprint density at radius 2 is 2.03 bits per heavy atom. The van der Waals surface area contributed by atoms with Crippen LogP contribution in [0.25, 0.3) is 27.5 Å². The van der Waals surface area contributed by atoms with Crippen molar-refractivity contribution in [1.82, 2.24) is 34.5 Å². The quantitative estimate of drug-likeness (QED) is 0.266. The molecule has 0 bridgehead atoms. The minimum Gasteiger partial charge on any atom is -0.598 e. The molecule has 2 atom stereocenters. The molecule has 0 aromatic carbocycles. The monoisotopic (exact) mass is 566 g/mol. The summed E-state index contributed by atoms with van der Waals surface area (Å²) >= 11 is 0.523. The standard InChI is InChI=1S/C27H34N8O2S2/c1-5-33(6-2)18(3)14-29-27(36)19-12-23(31-25(13-19)34-16-20(17-34)39(37)28-4)21-15-30-35-10-9-22(32-26(21)35)24-8-7-11-38-24/h7-13,15,18,20,28H,5-6,14,16-17H2,1-4H3,(H,29,36). The zero-order chi connectivity index (χ0) is 27.5. The summed E-state index contributed by atoms with van der Waals surface area (Å²) in [4.78, 5) is 28.6.